The highest BCUT2D eigenvalue weighted by molar-refractivity contribution is 9.10. The molecule has 0 spiro atoms. The van der Waals surface area contributed by atoms with Crippen LogP contribution < -0.4 is 0 Å². The maximum absolute atomic E-state index is 13.5. The molecule has 0 saturated carbocycles. The van der Waals surface area contributed by atoms with Crippen molar-refractivity contribution in [2.75, 3.05) is 39.3 Å². The first kappa shape index (κ1) is 25.8. The molecule has 2 saturated heterocycles. The van der Waals surface area contributed by atoms with Gasteiger partial charge in [0.15, 0.2) is 0 Å². The molecule has 1 atom stereocenters. The second-order valence-electron chi connectivity index (χ2n) is 10.4. The molecule has 0 unspecified atom stereocenters. The molecule has 2 amide bonds. The van der Waals surface area contributed by atoms with Crippen molar-refractivity contribution in [2.24, 2.45) is 5.92 Å². The molecule has 39 heavy (non-hydrogen) atoms. The number of rotatable bonds is 5. The summed E-state index contributed by atoms with van der Waals surface area (Å²) in [6.45, 7) is 4.69. The SMILES string of the molecule is O=C(c1ccccc1)N1CCN(C(=O)[C@@H]2CCCN(Cc3nc4ccccc4n3-c3cccc(Br)c3)C2)CC1. The van der Waals surface area contributed by atoms with Gasteiger partial charge in [0.25, 0.3) is 5.91 Å². The summed E-state index contributed by atoms with van der Waals surface area (Å²) in [5.41, 5.74) is 3.83. The molecule has 0 N–H and O–H groups in total. The van der Waals surface area contributed by atoms with E-state index in [0.717, 1.165) is 52.9 Å². The average molecular weight is 587 g/mol. The van der Waals surface area contributed by atoms with Gasteiger partial charge in [0, 0.05) is 48.4 Å². The van der Waals surface area contributed by atoms with E-state index in [-0.39, 0.29) is 17.7 Å². The summed E-state index contributed by atoms with van der Waals surface area (Å²) in [4.78, 5) is 37.5. The molecule has 7 nitrogen and oxygen atoms in total. The minimum absolute atomic E-state index is 0.0289. The largest absolute Gasteiger partial charge is 0.339 e. The Bertz CT molecular complexity index is 1480. The normalized spacial score (nSPS) is 18.4. The maximum Gasteiger partial charge on any atom is 0.253 e. The van der Waals surface area contributed by atoms with E-state index < -0.39 is 0 Å². The predicted molar refractivity (Wildman–Crippen MR) is 156 cm³/mol. The second-order valence-corrected chi connectivity index (χ2v) is 11.3. The first-order chi connectivity index (χ1) is 19.1. The number of imidazole rings is 1. The van der Waals surface area contributed by atoms with Crippen LogP contribution in [0.4, 0.5) is 0 Å². The van der Waals surface area contributed by atoms with Gasteiger partial charge in [-0.15, -0.1) is 0 Å². The lowest BCUT2D eigenvalue weighted by atomic mass is 9.96. The number of hydrogen-bond acceptors (Lipinski definition) is 4. The summed E-state index contributed by atoms with van der Waals surface area (Å²) >= 11 is 3.61. The summed E-state index contributed by atoms with van der Waals surface area (Å²) in [6, 6.07) is 25.9. The lowest BCUT2D eigenvalue weighted by Crippen LogP contribution is -2.53. The van der Waals surface area contributed by atoms with E-state index in [9.17, 15) is 9.59 Å². The highest BCUT2D eigenvalue weighted by atomic mass is 79.9. The molecular weight excluding hydrogens is 554 g/mol. The molecule has 200 valence electrons. The summed E-state index contributed by atoms with van der Waals surface area (Å²) in [7, 11) is 0. The van der Waals surface area contributed by atoms with Gasteiger partial charge in [0.05, 0.1) is 23.5 Å². The van der Waals surface area contributed by atoms with Crippen LogP contribution >= 0.6 is 15.9 Å². The molecule has 1 aromatic heterocycles. The molecule has 0 aliphatic carbocycles. The number of amides is 2. The number of likely N-dealkylation sites (tertiary alicyclic amines) is 1. The van der Waals surface area contributed by atoms with Gasteiger partial charge >= 0.3 is 0 Å². The molecule has 2 aliphatic heterocycles. The van der Waals surface area contributed by atoms with E-state index in [2.05, 4.69) is 49.7 Å². The standard InChI is InChI=1S/C31H32BrN5O2/c32-25-11-6-12-26(20-25)37-28-14-5-4-13-27(28)33-29(37)22-34-15-7-10-24(21-34)31(39)36-18-16-35(17-19-36)30(38)23-8-2-1-3-9-23/h1-6,8-9,11-14,20,24H,7,10,15-19,21-22H2/t24-/m1/s1. The van der Waals surface area contributed by atoms with Crippen LogP contribution in [0.15, 0.2) is 83.3 Å². The van der Waals surface area contributed by atoms with Crippen molar-refractivity contribution in [2.45, 2.75) is 19.4 Å². The van der Waals surface area contributed by atoms with Gasteiger partial charge in [-0.2, -0.15) is 0 Å². The van der Waals surface area contributed by atoms with Gasteiger partial charge in [-0.1, -0.05) is 52.3 Å². The van der Waals surface area contributed by atoms with Crippen molar-refractivity contribution in [3.05, 3.63) is 94.7 Å². The van der Waals surface area contributed by atoms with E-state index >= 15 is 0 Å². The Balaban J connectivity index is 1.13. The van der Waals surface area contributed by atoms with Crippen molar-refractivity contribution in [1.82, 2.24) is 24.3 Å². The van der Waals surface area contributed by atoms with E-state index in [0.29, 0.717) is 38.3 Å². The monoisotopic (exact) mass is 585 g/mol. The first-order valence-corrected chi connectivity index (χ1v) is 14.4. The van der Waals surface area contributed by atoms with Crippen LogP contribution in [0.5, 0.6) is 0 Å². The van der Waals surface area contributed by atoms with Gasteiger partial charge in [-0.25, -0.2) is 4.98 Å². The van der Waals surface area contributed by atoms with Crippen molar-refractivity contribution < 1.29 is 9.59 Å². The van der Waals surface area contributed by atoms with Gasteiger partial charge in [0.2, 0.25) is 5.91 Å². The number of piperidine rings is 1. The zero-order valence-corrected chi connectivity index (χ0v) is 23.5. The summed E-state index contributed by atoms with van der Waals surface area (Å²) in [5.74, 6) is 1.21. The molecule has 6 rings (SSSR count). The zero-order valence-electron chi connectivity index (χ0n) is 21.9. The number of hydrogen-bond donors (Lipinski definition) is 0. The number of halogens is 1. The first-order valence-electron chi connectivity index (χ1n) is 13.6. The fourth-order valence-electron chi connectivity index (χ4n) is 5.84. The summed E-state index contributed by atoms with van der Waals surface area (Å²) in [6.07, 6.45) is 1.89. The smallest absolute Gasteiger partial charge is 0.253 e. The lowest BCUT2D eigenvalue weighted by Gasteiger charge is -2.39. The van der Waals surface area contributed by atoms with Crippen molar-refractivity contribution in [3.63, 3.8) is 0 Å². The fraction of sp³-hybridized carbons (Fsp3) is 0.323. The van der Waals surface area contributed by atoms with E-state index in [1.807, 2.05) is 64.4 Å². The Morgan fingerprint density at radius 3 is 2.38 bits per heavy atom. The van der Waals surface area contributed by atoms with Crippen LogP contribution in [0.2, 0.25) is 0 Å². The minimum Gasteiger partial charge on any atom is -0.339 e. The number of aromatic nitrogens is 2. The average Bonchev–Trinajstić information content (AvgIpc) is 3.35. The highest BCUT2D eigenvalue weighted by Gasteiger charge is 2.32. The van der Waals surface area contributed by atoms with Gasteiger partial charge in [0.1, 0.15) is 5.82 Å². The topological polar surface area (TPSA) is 61.7 Å². The van der Waals surface area contributed by atoms with Crippen LogP contribution in [-0.2, 0) is 11.3 Å². The Morgan fingerprint density at radius 1 is 0.846 bits per heavy atom. The molecule has 8 heteroatoms. The summed E-state index contributed by atoms with van der Waals surface area (Å²) < 4.78 is 3.26. The number of carbonyl (C=O) groups excluding carboxylic acids is 2. The van der Waals surface area contributed by atoms with Crippen LogP contribution in [0.25, 0.3) is 16.7 Å². The number of nitrogens with zero attached hydrogens (tertiary/aromatic N) is 5. The fourth-order valence-corrected chi connectivity index (χ4v) is 6.22. The van der Waals surface area contributed by atoms with Gasteiger partial charge < -0.3 is 9.80 Å². The minimum atomic E-state index is -0.0289. The van der Waals surface area contributed by atoms with Crippen LogP contribution in [-0.4, -0.2) is 75.3 Å². The molecule has 2 fully saturated rings. The number of benzene rings is 3. The van der Waals surface area contributed by atoms with Crippen molar-refractivity contribution in [1.29, 1.82) is 0 Å². The Hall–Kier alpha value is -3.49. The summed E-state index contributed by atoms with van der Waals surface area (Å²) in [5, 5.41) is 0. The quantitative estimate of drug-likeness (QED) is 0.331. The molecule has 4 aromatic rings. The van der Waals surface area contributed by atoms with Crippen LogP contribution in [0.3, 0.4) is 0 Å². The number of piperazine rings is 1. The third-order valence-electron chi connectivity index (χ3n) is 7.82. The molecule has 0 radical (unpaired) electrons. The Kier molecular flexibility index (Phi) is 7.48. The predicted octanol–water partition coefficient (Wildman–Crippen LogP) is 4.98. The van der Waals surface area contributed by atoms with Crippen LogP contribution in [0, 0.1) is 5.92 Å². The third-order valence-corrected chi connectivity index (χ3v) is 8.31. The highest BCUT2D eigenvalue weighted by Crippen LogP contribution is 2.27. The molecule has 3 heterocycles. The number of carbonyl (C=O) groups is 2. The lowest BCUT2D eigenvalue weighted by molar-refractivity contribution is -0.139. The van der Waals surface area contributed by atoms with E-state index in [4.69, 9.17) is 4.98 Å². The number of fused-ring (bicyclic) bond motifs is 1. The molecule has 0 bridgehead atoms. The Labute approximate surface area is 237 Å². The molecule has 2 aliphatic rings. The molecular formula is C31H32BrN5O2. The van der Waals surface area contributed by atoms with E-state index in [1.54, 1.807) is 0 Å². The second kappa shape index (κ2) is 11.3. The van der Waals surface area contributed by atoms with Gasteiger partial charge in [-0.05, 0) is 61.9 Å². The van der Waals surface area contributed by atoms with E-state index in [1.165, 1.54) is 0 Å². The maximum atomic E-state index is 13.5. The van der Waals surface area contributed by atoms with Gasteiger partial charge in [-0.3, -0.25) is 19.1 Å². The van der Waals surface area contributed by atoms with Crippen molar-refractivity contribution >= 4 is 38.8 Å². The Morgan fingerprint density at radius 2 is 1.59 bits per heavy atom. The van der Waals surface area contributed by atoms with Crippen molar-refractivity contribution in [3.8, 4) is 5.69 Å². The zero-order chi connectivity index (χ0) is 26.8. The third kappa shape index (κ3) is 5.49. The molecule has 3 aromatic carbocycles. The van der Waals surface area contributed by atoms with Crippen LogP contribution in [0.1, 0.15) is 29.0 Å². The number of para-hydroxylation sites is 2.